The van der Waals surface area contributed by atoms with Crippen molar-refractivity contribution in [1.82, 2.24) is 4.98 Å². The Kier molecular flexibility index (Phi) is 5.35. The summed E-state index contributed by atoms with van der Waals surface area (Å²) in [6.45, 7) is 1.99. The van der Waals surface area contributed by atoms with Gasteiger partial charge in [0.05, 0.1) is 11.4 Å². The fourth-order valence-corrected chi connectivity index (χ4v) is 3.74. The predicted octanol–water partition coefficient (Wildman–Crippen LogP) is 6.57. The van der Waals surface area contributed by atoms with Crippen LogP contribution in [0.4, 0.5) is 20.6 Å². The number of anilines is 2. The summed E-state index contributed by atoms with van der Waals surface area (Å²) in [5.74, 6) is -0.308. The lowest BCUT2D eigenvalue weighted by molar-refractivity contribution is 0.262. The van der Waals surface area contributed by atoms with Crippen molar-refractivity contribution in [3.63, 3.8) is 0 Å². The van der Waals surface area contributed by atoms with E-state index in [9.17, 15) is 9.18 Å². The van der Waals surface area contributed by atoms with Crippen molar-refractivity contribution in [2.75, 3.05) is 10.6 Å². The molecule has 1 aromatic heterocycles. The number of aromatic nitrogens is 1. The molecular weight excluding hydrogens is 385 g/mol. The third-order valence-corrected chi connectivity index (χ3v) is 5.24. The molecule has 0 aliphatic carbocycles. The molecule has 1 heterocycles. The first kappa shape index (κ1) is 18.8. The smallest absolute Gasteiger partial charge is 0.308 e. The van der Waals surface area contributed by atoms with Crippen molar-refractivity contribution in [3.05, 3.63) is 89.6 Å². The highest BCUT2D eigenvalue weighted by Gasteiger charge is 2.14. The molecule has 29 heavy (non-hydrogen) atoms. The summed E-state index contributed by atoms with van der Waals surface area (Å²) >= 11 is 1.36. The van der Waals surface area contributed by atoms with Crippen LogP contribution in [0.5, 0.6) is 0 Å². The standard InChI is InChI=1S/C23H18FN3OS/c1-15-10-12-16(13-11-15)25-23(28)27-20-9-5-3-7-18(20)21-14-29-22(26-21)17-6-2-4-8-19(17)24/h2-14H,1H3,(H2,25,27,28). The van der Waals surface area contributed by atoms with Gasteiger partial charge in [0.25, 0.3) is 0 Å². The molecule has 4 nitrogen and oxygen atoms in total. The lowest BCUT2D eigenvalue weighted by atomic mass is 10.1. The summed E-state index contributed by atoms with van der Waals surface area (Å²) in [5.41, 5.74) is 4.37. The van der Waals surface area contributed by atoms with Crippen LogP contribution in [0.1, 0.15) is 5.56 Å². The fraction of sp³-hybridized carbons (Fsp3) is 0.0435. The molecular formula is C23H18FN3OS. The van der Waals surface area contributed by atoms with Crippen molar-refractivity contribution in [3.8, 4) is 21.8 Å². The molecule has 4 aromatic rings. The summed E-state index contributed by atoms with van der Waals surface area (Å²) in [6, 6.07) is 21.2. The number of carbonyl (C=O) groups is 1. The zero-order chi connectivity index (χ0) is 20.2. The molecule has 2 amide bonds. The van der Waals surface area contributed by atoms with Crippen molar-refractivity contribution < 1.29 is 9.18 Å². The molecule has 6 heteroatoms. The van der Waals surface area contributed by atoms with E-state index >= 15 is 0 Å². The van der Waals surface area contributed by atoms with Gasteiger partial charge in [-0.1, -0.05) is 48.0 Å². The molecule has 0 unspecified atom stereocenters. The number of rotatable bonds is 4. The van der Waals surface area contributed by atoms with Gasteiger partial charge in [-0.05, 0) is 37.3 Å². The maximum Gasteiger partial charge on any atom is 0.323 e. The summed E-state index contributed by atoms with van der Waals surface area (Å²) in [7, 11) is 0. The first-order valence-electron chi connectivity index (χ1n) is 9.04. The molecule has 0 saturated heterocycles. The first-order valence-corrected chi connectivity index (χ1v) is 9.92. The predicted molar refractivity (Wildman–Crippen MR) is 117 cm³/mol. The van der Waals surface area contributed by atoms with E-state index in [-0.39, 0.29) is 11.8 Å². The minimum atomic E-state index is -0.342. The molecule has 2 N–H and O–H groups in total. The number of amides is 2. The summed E-state index contributed by atoms with van der Waals surface area (Å²) in [4.78, 5) is 17.0. The molecule has 0 atom stereocenters. The third-order valence-electron chi connectivity index (χ3n) is 4.37. The number of aryl methyl sites for hydroxylation is 1. The summed E-state index contributed by atoms with van der Waals surface area (Å²) < 4.78 is 14.1. The van der Waals surface area contributed by atoms with E-state index in [1.165, 1.54) is 17.4 Å². The largest absolute Gasteiger partial charge is 0.323 e. The molecule has 4 rings (SSSR count). The van der Waals surface area contributed by atoms with E-state index in [1.54, 1.807) is 18.2 Å². The fourth-order valence-electron chi connectivity index (χ4n) is 2.89. The number of nitrogens with zero attached hydrogens (tertiary/aromatic N) is 1. The highest BCUT2D eigenvalue weighted by Crippen LogP contribution is 2.33. The van der Waals surface area contributed by atoms with Crippen LogP contribution in [-0.4, -0.2) is 11.0 Å². The van der Waals surface area contributed by atoms with Crippen LogP contribution in [0.25, 0.3) is 21.8 Å². The van der Waals surface area contributed by atoms with Gasteiger partial charge in [0.1, 0.15) is 10.8 Å². The Balaban J connectivity index is 1.57. The molecule has 0 fully saturated rings. The van der Waals surface area contributed by atoms with Crippen LogP contribution in [0.3, 0.4) is 0 Å². The Morgan fingerprint density at radius 3 is 2.34 bits per heavy atom. The molecule has 0 aliphatic rings. The lowest BCUT2D eigenvalue weighted by Crippen LogP contribution is -2.19. The van der Waals surface area contributed by atoms with E-state index < -0.39 is 0 Å². The Morgan fingerprint density at radius 2 is 1.59 bits per heavy atom. The Morgan fingerprint density at radius 1 is 0.897 bits per heavy atom. The van der Waals surface area contributed by atoms with Crippen molar-refractivity contribution in [1.29, 1.82) is 0 Å². The lowest BCUT2D eigenvalue weighted by Gasteiger charge is -2.11. The number of hydrogen-bond donors (Lipinski definition) is 2. The minimum absolute atomic E-state index is 0.308. The number of thiazole rings is 1. The van der Waals surface area contributed by atoms with Crippen LogP contribution in [-0.2, 0) is 0 Å². The van der Waals surface area contributed by atoms with E-state index in [4.69, 9.17) is 0 Å². The number of halogens is 1. The average Bonchev–Trinajstić information content (AvgIpc) is 3.20. The summed E-state index contributed by atoms with van der Waals surface area (Å²) in [5, 5.41) is 8.15. The van der Waals surface area contributed by atoms with E-state index in [1.807, 2.05) is 60.8 Å². The zero-order valence-corrected chi connectivity index (χ0v) is 16.5. The number of nitrogens with one attached hydrogen (secondary N) is 2. The molecule has 0 radical (unpaired) electrons. The quantitative estimate of drug-likeness (QED) is 0.405. The van der Waals surface area contributed by atoms with Gasteiger partial charge in [-0.2, -0.15) is 0 Å². The average molecular weight is 403 g/mol. The zero-order valence-electron chi connectivity index (χ0n) is 15.6. The van der Waals surface area contributed by atoms with Gasteiger partial charge in [0, 0.05) is 22.2 Å². The molecule has 144 valence electrons. The topological polar surface area (TPSA) is 54.0 Å². The van der Waals surface area contributed by atoms with Crippen molar-refractivity contribution in [2.45, 2.75) is 6.92 Å². The molecule has 0 saturated carbocycles. The van der Waals surface area contributed by atoms with E-state index in [0.717, 1.165) is 11.1 Å². The minimum Gasteiger partial charge on any atom is -0.308 e. The monoisotopic (exact) mass is 403 g/mol. The maximum atomic E-state index is 14.1. The van der Waals surface area contributed by atoms with Crippen LogP contribution < -0.4 is 10.6 Å². The van der Waals surface area contributed by atoms with Gasteiger partial charge in [-0.15, -0.1) is 11.3 Å². The second-order valence-corrected chi connectivity index (χ2v) is 7.37. The summed E-state index contributed by atoms with van der Waals surface area (Å²) in [6.07, 6.45) is 0. The van der Waals surface area contributed by atoms with Gasteiger partial charge in [-0.25, -0.2) is 14.2 Å². The molecule has 0 spiro atoms. The highest BCUT2D eigenvalue weighted by atomic mass is 32.1. The van der Waals surface area contributed by atoms with Gasteiger partial charge >= 0.3 is 6.03 Å². The van der Waals surface area contributed by atoms with Gasteiger partial charge < -0.3 is 10.6 Å². The van der Waals surface area contributed by atoms with E-state index in [0.29, 0.717) is 27.6 Å². The number of urea groups is 1. The van der Waals surface area contributed by atoms with Crippen LogP contribution in [0.15, 0.2) is 78.2 Å². The Labute approximate surface area is 172 Å². The number of benzene rings is 3. The Bertz CT molecular complexity index is 1150. The second-order valence-electron chi connectivity index (χ2n) is 6.51. The number of carbonyl (C=O) groups excluding carboxylic acids is 1. The van der Waals surface area contributed by atoms with Crippen molar-refractivity contribution in [2.24, 2.45) is 0 Å². The van der Waals surface area contributed by atoms with Crippen LogP contribution >= 0.6 is 11.3 Å². The number of hydrogen-bond acceptors (Lipinski definition) is 3. The van der Waals surface area contributed by atoms with Gasteiger partial charge in [0.2, 0.25) is 0 Å². The maximum absolute atomic E-state index is 14.1. The molecule has 0 bridgehead atoms. The second kappa shape index (κ2) is 8.24. The van der Waals surface area contributed by atoms with Gasteiger partial charge in [0.15, 0.2) is 0 Å². The number of para-hydroxylation sites is 1. The van der Waals surface area contributed by atoms with Crippen molar-refractivity contribution >= 4 is 28.7 Å². The third kappa shape index (κ3) is 4.33. The molecule has 3 aromatic carbocycles. The molecule has 0 aliphatic heterocycles. The van der Waals surface area contributed by atoms with E-state index in [2.05, 4.69) is 15.6 Å². The first-order chi connectivity index (χ1) is 14.1. The highest BCUT2D eigenvalue weighted by molar-refractivity contribution is 7.13. The van der Waals surface area contributed by atoms with Crippen LogP contribution in [0.2, 0.25) is 0 Å². The Hall–Kier alpha value is -3.51. The SMILES string of the molecule is Cc1ccc(NC(=O)Nc2ccccc2-c2csc(-c3ccccc3F)n2)cc1. The normalized spacial score (nSPS) is 10.6. The van der Waals surface area contributed by atoms with Gasteiger partial charge in [-0.3, -0.25) is 0 Å². The van der Waals surface area contributed by atoms with Crippen LogP contribution in [0, 0.1) is 12.7 Å².